The Morgan fingerprint density at radius 1 is 1.17 bits per heavy atom. The van der Waals surface area contributed by atoms with Gasteiger partial charge in [-0.2, -0.15) is 0 Å². The fourth-order valence-electron chi connectivity index (χ4n) is 0.647. The van der Waals surface area contributed by atoms with Crippen molar-refractivity contribution in [3.8, 4) is 0 Å². The van der Waals surface area contributed by atoms with Gasteiger partial charge in [0.1, 0.15) is 0 Å². The number of amides is 1. The number of carbonyl (C=O) groups excluding carboxylic acids is 1. The van der Waals surface area contributed by atoms with Gasteiger partial charge in [-0.05, 0) is 0 Å². The molecule has 12 heavy (non-hydrogen) atoms. The zero-order valence-corrected chi connectivity index (χ0v) is 6.27. The first-order valence-corrected chi connectivity index (χ1v) is 2.85. The molecule has 0 spiro atoms. The van der Waals surface area contributed by atoms with Crippen LogP contribution < -0.4 is 11.2 Å². The van der Waals surface area contributed by atoms with Gasteiger partial charge in [0.25, 0.3) is 0 Å². The smallest absolute Gasteiger partial charge is 0.870 e. The third-order valence-corrected chi connectivity index (χ3v) is 1.20. The van der Waals surface area contributed by atoms with Crippen LogP contribution in [0.3, 0.4) is 0 Å². The molecule has 0 aromatic heterocycles. The van der Waals surface area contributed by atoms with Crippen molar-refractivity contribution in [3.05, 3.63) is 29.8 Å². The molecule has 0 saturated carbocycles. The van der Waals surface area contributed by atoms with Crippen LogP contribution in [0.4, 0.5) is 0 Å². The predicted octanol–water partition coefficient (Wildman–Crippen LogP) is -0.774. The molecule has 1 amide bonds. The van der Waals surface area contributed by atoms with Gasteiger partial charge in [-0.3, -0.25) is 0 Å². The number of carbonyl (C=O) groups is 1. The number of nitrogens with two attached hydrogens (primary N) is 1. The molecule has 0 radical (unpaired) electrons. The van der Waals surface area contributed by atoms with Gasteiger partial charge in [0.2, 0.25) is 0 Å². The number of hydrogen-bond acceptors (Lipinski definition) is 3. The minimum absolute atomic E-state index is 0. The van der Waals surface area contributed by atoms with E-state index in [1.165, 1.54) is 0 Å². The molecule has 5 heteroatoms. The fourth-order valence-corrected chi connectivity index (χ4v) is 0.647. The quantitative estimate of drug-likeness (QED) is 0.552. The summed E-state index contributed by atoms with van der Waals surface area (Å²) < 4.78 is 0. The van der Waals surface area contributed by atoms with E-state index in [1.807, 2.05) is 0 Å². The average molecular weight is 165 g/mol. The van der Waals surface area contributed by atoms with Crippen LogP contribution in [-0.4, -0.2) is 24.7 Å². The Kier molecular flexibility index (Phi) is 5.91. The van der Waals surface area contributed by atoms with Crippen molar-refractivity contribution < 1.29 is 15.7 Å². The third-order valence-electron chi connectivity index (χ3n) is 1.20. The summed E-state index contributed by atoms with van der Waals surface area (Å²) in [5.74, 6) is -0.431. The van der Waals surface area contributed by atoms with Crippen LogP contribution in [0.1, 0.15) is 10.4 Å². The van der Waals surface area contributed by atoms with Crippen molar-refractivity contribution in [2.24, 2.45) is 5.73 Å². The average Bonchev–Trinajstić information content (AvgIpc) is 1.88. The second-order valence-electron chi connectivity index (χ2n) is 1.99. The molecule has 4 nitrogen and oxygen atoms in total. The molecular formula is C7H8BNO3. The first kappa shape index (κ1) is 13.3. The topological polar surface area (TPSA) is 103 Å². The minimum Gasteiger partial charge on any atom is -0.870 e. The van der Waals surface area contributed by atoms with Crippen LogP contribution in [0.15, 0.2) is 24.3 Å². The van der Waals surface area contributed by atoms with E-state index in [9.17, 15) is 4.79 Å². The minimum atomic E-state index is -0.431. The summed E-state index contributed by atoms with van der Waals surface area (Å²) in [6.07, 6.45) is 0. The fraction of sp³-hybridized carbons (Fsp3) is 0. The summed E-state index contributed by atoms with van der Waals surface area (Å²) in [7, 11) is 5.37. The first-order valence-electron chi connectivity index (χ1n) is 2.85. The summed E-state index contributed by atoms with van der Waals surface area (Å²) in [5, 5.41) is 0. The molecule has 0 aliphatic rings. The molecule has 0 heterocycles. The molecule has 0 bridgehead atoms. The Bertz CT molecular complexity index is 247. The van der Waals surface area contributed by atoms with Crippen LogP contribution in [0.2, 0.25) is 0 Å². The van der Waals surface area contributed by atoms with E-state index in [0.717, 1.165) is 0 Å². The molecule has 0 aliphatic heterocycles. The molecule has 1 rings (SSSR count). The molecular weight excluding hydrogens is 157 g/mol. The normalized spacial score (nSPS) is 7.83. The Hall–Kier alpha value is -1.33. The molecule has 0 fully saturated rings. The molecule has 62 valence electrons. The standard InChI is InChI=1S/C7H6BNO.2H2O/c8-6-3-1-5(2-4-6)7(9)10;;/h1-4H,(H2,9,10);2*1H2/q+2;;/p-2. The van der Waals surface area contributed by atoms with E-state index in [1.54, 1.807) is 24.3 Å². The SMILES string of the molecule is [B+2]c1ccc(C(N)=O)cc1.[OH-].[OH-]. The summed E-state index contributed by atoms with van der Waals surface area (Å²) in [5.41, 5.74) is 6.09. The van der Waals surface area contributed by atoms with Crippen LogP contribution in [0, 0.1) is 0 Å². The van der Waals surface area contributed by atoms with Crippen LogP contribution in [0.5, 0.6) is 0 Å². The van der Waals surface area contributed by atoms with Crippen molar-refractivity contribution in [1.82, 2.24) is 0 Å². The zero-order chi connectivity index (χ0) is 7.56. The van der Waals surface area contributed by atoms with Crippen molar-refractivity contribution in [2.75, 3.05) is 0 Å². The second kappa shape index (κ2) is 5.34. The second-order valence-corrected chi connectivity index (χ2v) is 1.99. The number of rotatable bonds is 1. The third kappa shape index (κ3) is 3.18. The van der Waals surface area contributed by atoms with Crippen molar-refractivity contribution >= 4 is 19.2 Å². The number of benzene rings is 1. The Balaban J connectivity index is 0. The van der Waals surface area contributed by atoms with Crippen molar-refractivity contribution in [2.45, 2.75) is 0 Å². The number of hydrogen-bond donors (Lipinski definition) is 1. The number of primary amides is 1. The van der Waals surface area contributed by atoms with Gasteiger partial charge < -0.3 is 11.0 Å². The molecule has 1 aromatic rings. The summed E-state index contributed by atoms with van der Waals surface area (Å²) >= 11 is 0. The molecule has 4 N–H and O–H groups in total. The monoisotopic (exact) mass is 165 g/mol. The van der Waals surface area contributed by atoms with Crippen LogP contribution in [-0.2, 0) is 0 Å². The first-order chi connectivity index (χ1) is 4.70. The Morgan fingerprint density at radius 3 is 1.92 bits per heavy atom. The van der Waals surface area contributed by atoms with E-state index >= 15 is 0 Å². The van der Waals surface area contributed by atoms with E-state index < -0.39 is 5.91 Å². The Morgan fingerprint density at radius 2 is 1.58 bits per heavy atom. The van der Waals surface area contributed by atoms with E-state index in [2.05, 4.69) is 0 Å². The molecule has 0 atom stereocenters. The molecule has 1 aromatic carbocycles. The van der Waals surface area contributed by atoms with E-state index in [-0.39, 0.29) is 11.0 Å². The van der Waals surface area contributed by atoms with Crippen molar-refractivity contribution in [3.63, 3.8) is 0 Å². The van der Waals surface area contributed by atoms with Crippen LogP contribution in [0.25, 0.3) is 0 Å². The molecule has 0 unspecified atom stereocenters. The summed E-state index contributed by atoms with van der Waals surface area (Å²) in [6, 6.07) is 6.47. The van der Waals surface area contributed by atoms with Gasteiger partial charge in [0, 0.05) is 0 Å². The maximum absolute atomic E-state index is 10.5. The largest absolute Gasteiger partial charge is 0.870 e. The van der Waals surface area contributed by atoms with Gasteiger partial charge in [0.15, 0.2) is 0 Å². The van der Waals surface area contributed by atoms with E-state index in [4.69, 9.17) is 13.6 Å². The van der Waals surface area contributed by atoms with Crippen molar-refractivity contribution in [1.29, 1.82) is 0 Å². The van der Waals surface area contributed by atoms with Gasteiger partial charge in [0.05, 0.1) is 0 Å². The predicted molar refractivity (Wildman–Crippen MR) is 44.2 cm³/mol. The maximum atomic E-state index is 10.5. The summed E-state index contributed by atoms with van der Waals surface area (Å²) in [6.45, 7) is 0. The van der Waals surface area contributed by atoms with Gasteiger partial charge in [-0.15, -0.1) is 0 Å². The molecule has 0 saturated heterocycles. The molecule has 0 aliphatic carbocycles. The van der Waals surface area contributed by atoms with Gasteiger partial charge in [-0.25, -0.2) is 0 Å². The van der Waals surface area contributed by atoms with Gasteiger partial charge in [-0.1, -0.05) is 0 Å². The van der Waals surface area contributed by atoms with Crippen LogP contribution >= 0.6 is 0 Å². The van der Waals surface area contributed by atoms with Gasteiger partial charge >= 0.3 is 59.6 Å². The Labute approximate surface area is 71.4 Å². The van der Waals surface area contributed by atoms with E-state index in [0.29, 0.717) is 11.0 Å². The maximum Gasteiger partial charge on any atom is -0.870 e. The zero-order valence-electron chi connectivity index (χ0n) is 6.27. The summed E-state index contributed by atoms with van der Waals surface area (Å²) in [4.78, 5) is 10.5.